The highest BCUT2D eigenvalue weighted by Crippen LogP contribution is 2.23. The number of aryl methyl sites for hydroxylation is 2. The molecule has 2 rings (SSSR count). The van der Waals surface area contributed by atoms with Crippen molar-refractivity contribution in [1.82, 2.24) is 0 Å². The summed E-state index contributed by atoms with van der Waals surface area (Å²) in [4.78, 5) is 11.4. The minimum absolute atomic E-state index is 0.00723. The van der Waals surface area contributed by atoms with E-state index in [-0.39, 0.29) is 10.5 Å². The molecule has 2 aromatic carbocycles. The number of carbonyl (C=O) groups is 1. The molecule has 0 aliphatic carbocycles. The summed E-state index contributed by atoms with van der Waals surface area (Å²) in [6, 6.07) is 9.70. The number of hydrogen-bond acceptors (Lipinski definition) is 3. The Hall–Kier alpha value is -2.34. The molecule has 0 aromatic heterocycles. The van der Waals surface area contributed by atoms with E-state index in [1.807, 2.05) is 19.9 Å². The second-order valence-electron chi connectivity index (χ2n) is 5.19. The molecule has 22 heavy (non-hydrogen) atoms. The number of anilines is 1. The van der Waals surface area contributed by atoms with Gasteiger partial charge in [-0.3, -0.25) is 9.52 Å². The van der Waals surface area contributed by atoms with Gasteiger partial charge in [-0.2, -0.15) is 0 Å². The highest BCUT2D eigenvalue weighted by molar-refractivity contribution is 7.92. The first-order valence-electron chi connectivity index (χ1n) is 6.72. The van der Waals surface area contributed by atoms with Gasteiger partial charge in [0.15, 0.2) is 0 Å². The van der Waals surface area contributed by atoms with Crippen molar-refractivity contribution in [2.24, 2.45) is 5.73 Å². The van der Waals surface area contributed by atoms with E-state index in [4.69, 9.17) is 5.73 Å². The second-order valence-corrected chi connectivity index (χ2v) is 6.88. The summed E-state index contributed by atoms with van der Waals surface area (Å²) < 4.78 is 27.5. The van der Waals surface area contributed by atoms with Crippen LogP contribution in [0.3, 0.4) is 0 Å². The number of nitrogens with two attached hydrogens (primary N) is 1. The van der Waals surface area contributed by atoms with Gasteiger partial charge < -0.3 is 5.73 Å². The summed E-state index contributed by atoms with van der Waals surface area (Å²) in [6.07, 6.45) is 0. The molecule has 116 valence electrons. The van der Waals surface area contributed by atoms with Crippen molar-refractivity contribution in [2.75, 3.05) is 4.72 Å². The summed E-state index contributed by atoms with van der Waals surface area (Å²) in [5, 5.41) is 0. The van der Waals surface area contributed by atoms with Crippen LogP contribution in [0.1, 0.15) is 27.0 Å². The minimum atomic E-state index is -3.78. The van der Waals surface area contributed by atoms with Crippen molar-refractivity contribution >= 4 is 21.6 Å². The van der Waals surface area contributed by atoms with Gasteiger partial charge in [0.2, 0.25) is 5.91 Å². The smallest absolute Gasteiger partial charge is 0.261 e. The monoisotopic (exact) mass is 318 g/mol. The van der Waals surface area contributed by atoms with Crippen LogP contribution < -0.4 is 10.5 Å². The summed E-state index contributed by atoms with van der Waals surface area (Å²) in [5.41, 5.74) is 8.46. The van der Waals surface area contributed by atoms with Crippen LogP contribution in [0.4, 0.5) is 5.69 Å². The molecule has 0 radical (unpaired) electrons. The standard InChI is InChI=1S/C16H18N2O3S/c1-10-5-4-6-15(12(10)3)18-22(20,21)13-8-7-11(2)14(9-13)16(17)19/h4-9,18H,1-3H3,(H2,17,19). The molecule has 0 atom stereocenters. The van der Waals surface area contributed by atoms with Crippen molar-refractivity contribution in [3.63, 3.8) is 0 Å². The predicted octanol–water partition coefficient (Wildman–Crippen LogP) is 2.51. The van der Waals surface area contributed by atoms with Crippen molar-refractivity contribution < 1.29 is 13.2 Å². The Morgan fingerprint density at radius 1 is 1.05 bits per heavy atom. The van der Waals surface area contributed by atoms with Crippen LogP contribution in [-0.4, -0.2) is 14.3 Å². The van der Waals surface area contributed by atoms with Gasteiger partial charge in [-0.15, -0.1) is 0 Å². The van der Waals surface area contributed by atoms with Gasteiger partial charge >= 0.3 is 0 Å². The van der Waals surface area contributed by atoms with Gasteiger partial charge in [-0.25, -0.2) is 8.42 Å². The number of primary amides is 1. The summed E-state index contributed by atoms with van der Waals surface area (Å²) in [5.74, 6) is -0.652. The normalized spacial score (nSPS) is 11.2. The Morgan fingerprint density at radius 3 is 2.36 bits per heavy atom. The lowest BCUT2D eigenvalue weighted by molar-refractivity contribution is 0.0999. The number of carbonyl (C=O) groups excluding carboxylic acids is 1. The van der Waals surface area contributed by atoms with Crippen LogP contribution in [0.5, 0.6) is 0 Å². The molecule has 3 N–H and O–H groups in total. The molecule has 2 aromatic rings. The number of sulfonamides is 1. The first-order chi connectivity index (χ1) is 10.2. The van der Waals surface area contributed by atoms with Crippen molar-refractivity contribution in [3.05, 3.63) is 58.7 Å². The molecule has 1 amide bonds. The van der Waals surface area contributed by atoms with Gasteiger partial charge in [-0.05, 0) is 55.7 Å². The Bertz CT molecular complexity index is 842. The summed E-state index contributed by atoms with van der Waals surface area (Å²) >= 11 is 0. The van der Waals surface area contributed by atoms with Gasteiger partial charge in [0.1, 0.15) is 0 Å². The summed E-state index contributed by atoms with van der Waals surface area (Å²) in [7, 11) is -3.78. The number of amides is 1. The maximum atomic E-state index is 12.5. The molecule has 6 heteroatoms. The van der Waals surface area contributed by atoms with E-state index in [0.717, 1.165) is 11.1 Å². The van der Waals surface area contributed by atoms with E-state index in [2.05, 4.69) is 4.72 Å². The number of hydrogen-bond donors (Lipinski definition) is 2. The Kier molecular flexibility index (Phi) is 4.23. The largest absolute Gasteiger partial charge is 0.366 e. The van der Waals surface area contributed by atoms with Crippen LogP contribution in [0, 0.1) is 20.8 Å². The molecule has 0 fully saturated rings. The van der Waals surface area contributed by atoms with E-state index in [1.54, 1.807) is 25.1 Å². The van der Waals surface area contributed by atoms with Crippen LogP contribution in [0.2, 0.25) is 0 Å². The zero-order valence-corrected chi connectivity index (χ0v) is 13.5. The molecule has 0 aliphatic heterocycles. The van der Waals surface area contributed by atoms with E-state index in [1.165, 1.54) is 12.1 Å². The predicted molar refractivity (Wildman–Crippen MR) is 86.4 cm³/mol. The lowest BCUT2D eigenvalue weighted by Gasteiger charge is -2.13. The molecule has 0 bridgehead atoms. The maximum Gasteiger partial charge on any atom is 0.261 e. The third-order valence-corrected chi connectivity index (χ3v) is 5.00. The van der Waals surface area contributed by atoms with Crippen molar-refractivity contribution in [2.45, 2.75) is 25.7 Å². The fourth-order valence-corrected chi connectivity index (χ4v) is 3.25. The van der Waals surface area contributed by atoms with Crippen molar-refractivity contribution in [3.8, 4) is 0 Å². The van der Waals surface area contributed by atoms with E-state index >= 15 is 0 Å². The Morgan fingerprint density at radius 2 is 1.73 bits per heavy atom. The molecule has 0 aliphatic rings. The third-order valence-electron chi connectivity index (χ3n) is 3.63. The van der Waals surface area contributed by atoms with Gasteiger partial charge in [0.25, 0.3) is 10.0 Å². The van der Waals surface area contributed by atoms with Crippen LogP contribution in [-0.2, 0) is 10.0 Å². The zero-order chi connectivity index (χ0) is 16.5. The van der Waals surface area contributed by atoms with Crippen molar-refractivity contribution in [1.29, 1.82) is 0 Å². The SMILES string of the molecule is Cc1ccc(S(=O)(=O)Nc2cccc(C)c2C)cc1C(N)=O. The lowest BCUT2D eigenvalue weighted by atomic mass is 10.1. The Labute approximate surface area is 130 Å². The average Bonchev–Trinajstić information content (AvgIpc) is 2.43. The van der Waals surface area contributed by atoms with E-state index in [0.29, 0.717) is 11.3 Å². The highest BCUT2D eigenvalue weighted by atomic mass is 32.2. The molecule has 0 saturated carbocycles. The van der Waals surface area contributed by atoms with E-state index in [9.17, 15) is 13.2 Å². The average molecular weight is 318 g/mol. The first kappa shape index (κ1) is 16.0. The molecular formula is C16H18N2O3S. The molecule has 0 unspecified atom stereocenters. The number of nitrogens with one attached hydrogen (secondary N) is 1. The molecule has 0 spiro atoms. The van der Waals surface area contributed by atoms with Crippen LogP contribution >= 0.6 is 0 Å². The second kappa shape index (κ2) is 5.81. The van der Waals surface area contributed by atoms with Gasteiger partial charge in [0, 0.05) is 5.56 Å². The first-order valence-corrected chi connectivity index (χ1v) is 8.20. The fraction of sp³-hybridized carbons (Fsp3) is 0.188. The minimum Gasteiger partial charge on any atom is -0.366 e. The molecule has 0 saturated heterocycles. The Balaban J connectivity index is 2.45. The van der Waals surface area contributed by atoms with Gasteiger partial charge in [-0.1, -0.05) is 18.2 Å². The highest BCUT2D eigenvalue weighted by Gasteiger charge is 2.18. The lowest BCUT2D eigenvalue weighted by Crippen LogP contribution is -2.17. The van der Waals surface area contributed by atoms with Gasteiger partial charge in [0.05, 0.1) is 10.6 Å². The number of rotatable bonds is 4. The number of benzene rings is 2. The van der Waals surface area contributed by atoms with E-state index < -0.39 is 15.9 Å². The van der Waals surface area contributed by atoms with Crippen LogP contribution in [0.15, 0.2) is 41.3 Å². The topological polar surface area (TPSA) is 89.3 Å². The molecular weight excluding hydrogens is 300 g/mol. The van der Waals surface area contributed by atoms with Crippen LogP contribution in [0.25, 0.3) is 0 Å². The fourth-order valence-electron chi connectivity index (χ4n) is 2.10. The molecule has 0 heterocycles. The maximum absolute atomic E-state index is 12.5. The molecule has 5 nitrogen and oxygen atoms in total. The summed E-state index contributed by atoms with van der Waals surface area (Å²) in [6.45, 7) is 5.45. The third kappa shape index (κ3) is 3.12. The quantitative estimate of drug-likeness (QED) is 0.907. The zero-order valence-electron chi connectivity index (χ0n) is 12.7.